The highest BCUT2D eigenvalue weighted by Crippen LogP contribution is 2.20. The molecule has 0 spiro atoms. The van der Waals surface area contributed by atoms with E-state index in [1.54, 1.807) is 24.4 Å². The van der Waals surface area contributed by atoms with Crippen molar-refractivity contribution in [2.24, 2.45) is 0 Å². The minimum Gasteiger partial charge on any atom is -0.348 e. The van der Waals surface area contributed by atoms with Gasteiger partial charge in [-0.3, -0.25) is 14.7 Å². The topological polar surface area (TPSA) is 98.9 Å². The molecule has 7 nitrogen and oxygen atoms in total. The molecule has 1 atom stereocenters. The van der Waals surface area contributed by atoms with Crippen molar-refractivity contribution in [3.05, 3.63) is 59.8 Å². The average Bonchev–Trinajstić information content (AvgIpc) is 3.22. The van der Waals surface area contributed by atoms with Crippen molar-refractivity contribution in [3.63, 3.8) is 0 Å². The van der Waals surface area contributed by atoms with E-state index in [0.29, 0.717) is 24.2 Å². The summed E-state index contributed by atoms with van der Waals surface area (Å²) in [6.45, 7) is 2.18. The number of carbonyl (C=O) groups is 2. The zero-order valence-corrected chi connectivity index (χ0v) is 16.7. The second kappa shape index (κ2) is 9.11. The van der Waals surface area contributed by atoms with Crippen LogP contribution >= 0.6 is 11.8 Å². The number of amides is 2. The first-order chi connectivity index (χ1) is 14.2. The Labute approximate surface area is 173 Å². The highest BCUT2D eigenvalue weighted by atomic mass is 32.2. The third kappa shape index (κ3) is 4.78. The number of nitrogens with zero attached hydrogens (tertiary/aromatic N) is 1. The molecule has 1 fully saturated rings. The molecule has 1 saturated heterocycles. The fourth-order valence-electron chi connectivity index (χ4n) is 3.40. The van der Waals surface area contributed by atoms with Crippen LogP contribution in [-0.2, 0) is 11.3 Å². The number of rotatable bonds is 6. The molecule has 0 aliphatic carbocycles. The lowest BCUT2D eigenvalue weighted by molar-refractivity contribution is -0.116. The molecule has 2 heterocycles. The summed E-state index contributed by atoms with van der Waals surface area (Å²) in [5.74, 6) is 0.708. The Kier molecular flexibility index (Phi) is 6.12. The SMILES string of the molecule is O=C(CC1CNCCS1)Nc1ccccc1C(=O)NCc1cccc2cn[nH]c12. The molecule has 150 valence electrons. The number of hydrogen-bond acceptors (Lipinski definition) is 5. The number of thioether (sulfide) groups is 1. The highest BCUT2D eigenvalue weighted by molar-refractivity contribution is 8.00. The Morgan fingerprint density at radius 3 is 2.93 bits per heavy atom. The summed E-state index contributed by atoms with van der Waals surface area (Å²) in [4.78, 5) is 25.2. The van der Waals surface area contributed by atoms with E-state index in [9.17, 15) is 9.59 Å². The van der Waals surface area contributed by atoms with Gasteiger partial charge in [0.15, 0.2) is 0 Å². The van der Waals surface area contributed by atoms with Crippen LogP contribution in [0.2, 0.25) is 0 Å². The van der Waals surface area contributed by atoms with Crippen LogP contribution in [-0.4, -0.2) is 46.1 Å². The minimum absolute atomic E-state index is 0.0753. The lowest BCUT2D eigenvalue weighted by atomic mass is 10.1. The monoisotopic (exact) mass is 409 g/mol. The average molecular weight is 410 g/mol. The molecule has 4 rings (SSSR count). The van der Waals surface area contributed by atoms with Gasteiger partial charge in [-0.15, -0.1) is 0 Å². The molecule has 4 N–H and O–H groups in total. The van der Waals surface area contributed by atoms with Gasteiger partial charge in [0.25, 0.3) is 5.91 Å². The van der Waals surface area contributed by atoms with Crippen molar-refractivity contribution < 1.29 is 9.59 Å². The fraction of sp³-hybridized carbons (Fsp3) is 0.286. The lowest BCUT2D eigenvalue weighted by Gasteiger charge is -2.22. The quantitative estimate of drug-likeness (QED) is 0.501. The van der Waals surface area contributed by atoms with Crippen molar-refractivity contribution in [2.75, 3.05) is 24.2 Å². The van der Waals surface area contributed by atoms with Crippen LogP contribution in [0.15, 0.2) is 48.7 Å². The maximum absolute atomic E-state index is 12.8. The fourth-order valence-corrected chi connectivity index (χ4v) is 4.50. The van der Waals surface area contributed by atoms with Gasteiger partial charge in [0.05, 0.1) is 23.0 Å². The van der Waals surface area contributed by atoms with Gasteiger partial charge in [0.2, 0.25) is 5.91 Å². The van der Waals surface area contributed by atoms with Gasteiger partial charge in [-0.2, -0.15) is 16.9 Å². The maximum atomic E-state index is 12.8. The number of aromatic amines is 1. The first-order valence-corrected chi connectivity index (χ1v) is 10.7. The van der Waals surface area contributed by atoms with Crippen molar-refractivity contribution in [2.45, 2.75) is 18.2 Å². The van der Waals surface area contributed by atoms with Gasteiger partial charge in [0, 0.05) is 42.4 Å². The molecule has 1 aromatic heterocycles. The zero-order valence-electron chi connectivity index (χ0n) is 15.9. The minimum atomic E-state index is -0.230. The number of hydrogen-bond donors (Lipinski definition) is 4. The largest absolute Gasteiger partial charge is 0.348 e. The predicted molar refractivity (Wildman–Crippen MR) is 116 cm³/mol. The molecule has 1 aliphatic heterocycles. The van der Waals surface area contributed by atoms with E-state index in [1.807, 2.05) is 36.0 Å². The number of aromatic nitrogens is 2. The first-order valence-electron chi connectivity index (χ1n) is 9.61. The number of carbonyl (C=O) groups excluding carboxylic acids is 2. The van der Waals surface area contributed by atoms with E-state index in [1.165, 1.54) is 0 Å². The van der Waals surface area contributed by atoms with Gasteiger partial charge < -0.3 is 16.0 Å². The summed E-state index contributed by atoms with van der Waals surface area (Å²) in [5, 5.41) is 17.4. The van der Waals surface area contributed by atoms with Crippen LogP contribution in [0.3, 0.4) is 0 Å². The summed E-state index contributed by atoms with van der Waals surface area (Å²) >= 11 is 1.81. The van der Waals surface area contributed by atoms with E-state index in [2.05, 4.69) is 26.1 Å². The van der Waals surface area contributed by atoms with Crippen LogP contribution in [0.4, 0.5) is 5.69 Å². The number of benzene rings is 2. The molecule has 0 radical (unpaired) electrons. The van der Waals surface area contributed by atoms with Crippen LogP contribution in [0.25, 0.3) is 10.9 Å². The molecular formula is C21H23N5O2S. The van der Waals surface area contributed by atoms with Crippen LogP contribution in [0.1, 0.15) is 22.3 Å². The Hall–Kier alpha value is -2.84. The van der Waals surface area contributed by atoms with E-state index in [0.717, 1.165) is 35.3 Å². The van der Waals surface area contributed by atoms with Crippen LogP contribution in [0.5, 0.6) is 0 Å². The molecule has 3 aromatic rings. The van der Waals surface area contributed by atoms with Gasteiger partial charge >= 0.3 is 0 Å². The summed E-state index contributed by atoms with van der Waals surface area (Å²) < 4.78 is 0. The number of fused-ring (bicyclic) bond motifs is 1. The van der Waals surface area contributed by atoms with Gasteiger partial charge in [0.1, 0.15) is 0 Å². The molecule has 29 heavy (non-hydrogen) atoms. The predicted octanol–water partition coefficient (Wildman–Crippen LogP) is 2.53. The molecule has 1 unspecified atom stereocenters. The standard InChI is InChI=1S/C21H23N5O2S/c27-19(10-16-13-22-8-9-29-16)25-18-7-2-1-6-17(18)21(28)23-11-14-4-3-5-15-12-24-26-20(14)15/h1-7,12,16,22H,8-11,13H2,(H,23,28)(H,24,26)(H,25,27). The Balaban J connectivity index is 1.41. The molecule has 1 aliphatic rings. The Morgan fingerprint density at radius 1 is 1.17 bits per heavy atom. The summed E-state index contributed by atoms with van der Waals surface area (Å²) in [7, 11) is 0. The molecule has 2 aromatic carbocycles. The zero-order chi connectivity index (χ0) is 20.1. The van der Waals surface area contributed by atoms with Crippen molar-refractivity contribution in [1.29, 1.82) is 0 Å². The third-order valence-electron chi connectivity index (χ3n) is 4.87. The van der Waals surface area contributed by atoms with Crippen molar-refractivity contribution in [1.82, 2.24) is 20.8 Å². The third-order valence-corrected chi connectivity index (χ3v) is 6.11. The van der Waals surface area contributed by atoms with E-state index in [4.69, 9.17) is 0 Å². The lowest BCUT2D eigenvalue weighted by Crippen LogP contribution is -2.35. The van der Waals surface area contributed by atoms with Gasteiger partial charge in [-0.25, -0.2) is 0 Å². The maximum Gasteiger partial charge on any atom is 0.253 e. The van der Waals surface area contributed by atoms with Crippen molar-refractivity contribution >= 4 is 40.2 Å². The summed E-state index contributed by atoms with van der Waals surface area (Å²) in [6.07, 6.45) is 2.18. The Bertz CT molecular complexity index is 1010. The van der Waals surface area contributed by atoms with Gasteiger partial charge in [-0.1, -0.05) is 30.3 Å². The smallest absolute Gasteiger partial charge is 0.253 e. The van der Waals surface area contributed by atoms with E-state index in [-0.39, 0.29) is 17.1 Å². The molecule has 0 saturated carbocycles. The van der Waals surface area contributed by atoms with Crippen LogP contribution in [0, 0.1) is 0 Å². The second-order valence-corrected chi connectivity index (χ2v) is 8.34. The Morgan fingerprint density at radius 2 is 2.07 bits per heavy atom. The summed E-state index contributed by atoms with van der Waals surface area (Å²) in [5.41, 5.74) is 2.85. The van der Waals surface area contributed by atoms with Crippen molar-refractivity contribution in [3.8, 4) is 0 Å². The normalized spacial score (nSPS) is 16.5. The number of para-hydroxylation sites is 2. The number of anilines is 1. The molecule has 8 heteroatoms. The molecule has 0 bridgehead atoms. The molecule has 2 amide bonds. The highest BCUT2D eigenvalue weighted by Gasteiger charge is 2.19. The first kappa shape index (κ1) is 19.5. The summed E-state index contributed by atoms with van der Waals surface area (Å²) in [6, 6.07) is 12.9. The number of H-pyrrole nitrogens is 1. The molecular weight excluding hydrogens is 386 g/mol. The van der Waals surface area contributed by atoms with Gasteiger partial charge in [-0.05, 0) is 17.7 Å². The van der Waals surface area contributed by atoms with E-state index < -0.39 is 0 Å². The number of nitrogens with one attached hydrogen (secondary N) is 4. The second-order valence-electron chi connectivity index (χ2n) is 6.93. The van der Waals surface area contributed by atoms with Crippen LogP contribution < -0.4 is 16.0 Å². The van der Waals surface area contributed by atoms with E-state index >= 15 is 0 Å².